The van der Waals surface area contributed by atoms with Crippen LogP contribution in [-0.2, 0) is 14.4 Å². The predicted molar refractivity (Wildman–Crippen MR) is 115 cm³/mol. The van der Waals surface area contributed by atoms with E-state index in [1.165, 1.54) is 0 Å². The summed E-state index contributed by atoms with van der Waals surface area (Å²) in [6, 6.07) is -0.150. The molecule has 32 heavy (non-hydrogen) atoms. The Morgan fingerprint density at radius 3 is 1.66 bits per heavy atom. The van der Waals surface area contributed by atoms with E-state index < -0.39 is 24.5 Å². The number of hydrogen-bond acceptors (Lipinski definition) is 4. The molecule has 0 aliphatic carbocycles. The average molecular weight is 469 g/mol. The molecule has 0 fully saturated rings. The van der Waals surface area contributed by atoms with E-state index in [4.69, 9.17) is 10.2 Å². The van der Waals surface area contributed by atoms with Gasteiger partial charge in [-0.2, -0.15) is 13.2 Å². The minimum absolute atomic E-state index is 0.0839. The molecule has 0 unspecified atom stereocenters. The van der Waals surface area contributed by atoms with E-state index in [2.05, 4.69) is 0 Å². The molecule has 0 rings (SSSR count). The van der Waals surface area contributed by atoms with Gasteiger partial charge in [0.15, 0.2) is 0 Å². The number of halogens is 3. The smallest absolute Gasteiger partial charge is 0.389 e. The zero-order valence-corrected chi connectivity index (χ0v) is 19.3. The number of rotatable bonds is 19. The van der Waals surface area contributed by atoms with Crippen molar-refractivity contribution in [1.82, 2.24) is 9.80 Å². The fourth-order valence-electron chi connectivity index (χ4n) is 3.52. The Bertz CT molecular complexity index is 532. The van der Waals surface area contributed by atoms with Gasteiger partial charge >= 0.3 is 18.1 Å². The summed E-state index contributed by atoms with van der Waals surface area (Å²) in [5.74, 6) is -2.00. The van der Waals surface area contributed by atoms with E-state index in [0.29, 0.717) is 51.6 Å². The van der Waals surface area contributed by atoms with Gasteiger partial charge in [0.05, 0.1) is 0 Å². The van der Waals surface area contributed by atoms with Crippen molar-refractivity contribution in [2.45, 2.75) is 95.7 Å². The van der Waals surface area contributed by atoms with Crippen LogP contribution in [-0.4, -0.2) is 77.3 Å². The lowest BCUT2D eigenvalue weighted by Crippen LogP contribution is -2.44. The maximum absolute atomic E-state index is 12.8. The molecule has 0 aliphatic rings. The molecule has 0 aliphatic heterocycles. The van der Waals surface area contributed by atoms with Crippen molar-refractivity contribution in [3.05, 3.63) is 0 Å². The zero-order chi connectivity index (χ0) is 24.6. The molecule has 0 saturated heterocycles. The van der Waals surface area contributed by atoms with Gasteiger partial charge < -0.3 is 20.0 Å². The summed E-state index contributed by atoms with van der Waals surface area (Å²) in [7, 11) is 3.72. The molecule has 7 nitrogen and oxygen atoms in total. The van der Waals surface area contributed by atoms with E-state index in [9.17, 15) is 27.6 Å². The van der Waals surface area contributed by atoms with Gasteiger partial charge in [-0.25, -0.2) is 0 Å². The Morgan fingerprint density at radius 1 is 0.750 bits per heavy atom. The van der Waals surface area contributed by atoms with Crippen molar-refractivity contribution in [2.75, 3.05) is 27.2 Å². The van der Waals surface area contributed by atoms with Crippen LogP contribution >= 0.6 is 0 Å². The number of nitrogens with zero attached hydrogens (tertiary/aromatic N) is 2. The molecule has 0 heterocycles. The predicted octanol–water partition coefficient (Wildman–Crippen LogP) is 4.55. The zero-order valence-electron chi connectivity index (χ0n) is 19.3. The second-order valence-electron chi connectivity index (χ2n) is 8.50. The van der Waals surface area contributed by atoms with E-state index >= 15 is 0 Å². The summed E-state index contributed by atoms with van der Waals surface area (Å²) in [5, 5.41) is 17.5. The molecule has 0 aromatic carbocycles. The Labute approximate surface area is 188 Å². The van der Waals surface area contributed by atoms with Gasteiger partial charge in [-0.3, -0.25) is 14.4 Å². The minimum atomic E-state index is -4.29. The van der Waals surface area contributed by atoms with Gasteiger partial charge in [0.2, 0.25) is 5.91 Å². The molecule has 0 aromatic rings. The first-order valence-electron chi connectivity index (χ1n) is 11.4. The standard InChI is InChI=1S/C22H39F3N2O5/c1-26(2)16-17-27(19(28)12-9-15-22(23,24)25)18(10-5-3-7-13-20(29)30)11-6-4-8-14-21(31)32/h18H,3-17H2,1-2H3,(H,29,30)(H,31,32). The number of likely N-dealkylation sites (N-methyl/N-ethyl adjacent to an activating group) is 1. The van der Waals surface area contributed by atoms with Crippen molar-refractivity contribution in [3.63, 3.8) is 0 Å². The molecule has 0 saturated carbocycles. The van der Waals surface area contributed by atoms with Gasteiger partial charge in [-0.1, -0.05) is 25.7 Å². The fourth-order valence-corrected chi connectivity index (χ4v) is 3.52. The fraction of sp³-hybridized carbons (Fsp3) is 0.864. The molecule has 0 aromatic heterocycles. The lowest BCUT2D eigenvalue weighted by Gasteiger charge is -2.33. The van der Waals surface area contributed by atoms with Crippen LogP contribution in [0.5, 0.6) is 0 Å². The quantitative estimate of drug-likeness (QED) is 0.270. The molecule has 188 valence electrons. The summed E-state index contributed by atoms with van der Waals surface area (Å²) in [5.41, 5.74) is 0. The molecular weight excluding hydrogens is 429 g/mol. The monoisotopic (exact) mass is 468 g/mol. The van der Waals surface area contributed by atoms with Gasteiger partial charge in [0.1, 0.15) is 0 Å². The first-order valence-corrected chi connectivity index (χ1v) is 11.4. The number of unbranched alkanes of at least 4 members (excludes halogenated alkanes) is 4. The number of carbonyl (C=O) groups excluding carboxylic acids is 1. The summed E-state index contributed by atoms with van der Waals surface area (Å²) < 4.78 is 37.5. The molecule has 10 heteroatoms. The lowest BCUT2D eigenvalue weighted by atomic mass is 9.98. The number of hydrogen-bond donors (Lipinski definition) is 2. The highest BCUT2D eigenvalue weighted by Gasteiger charge is 2.28. The number of carbonyl (C=O) groups is 3. The Morgan fingerprint density at radius 2 is 1.25 bits per heavy atom. The summed E-state index contributed by atoms with van der Waals surface area (Å²) in [6.07, 6.45) is -0.297. The molecule has 0 spiro atoms. The van der Waals surface area contributed by atoms with Crippen molar-refractivity contribution >= 4 is 17.8 Å². The van der Waals surface area contributed by atoms with Crippen molar-refractivity contribution in [2.24, 2.45) is 0 Å². The SMILES string of the molecule is CN(C)CCN(C(=O)CCCC(F)(F)F)C(CCCCCC(=O)O)CCCCCC(=O)O. The maximum Gasteiger partial charge on any atom is 0.389 e. The number of carboxylic acid groups (broad SMARTS) is 2. The molecule has 1 amide bonds. The maximum atomic E-state index is 12.8. The molecule has 2 N–H and O–H groups in total. The van der Waals surface area contributed by atoms with Crippen molar-refractivity contribution in [3.8, 4) is 0 Å². The van der Waals surface area contributed by atoms with Crippen molar-refractivity contribution in [1.29, 1.82) is 0 Å². The van der Waals surface area contributed by atoms with Gasteiger partial charge in [0, 0.05) is 44.8 Å². The van der Waals surface area contributed by atoms with Crippen LogP contribution in [0.2, 0.25) is 0 Å². The molecule has 0 radical (unpaired) electrons. The van der Waals surface area contributed by atoms with Gasteiger partial charge in [-0.05, 0) is 46.2 Å². The largest absolute Gasteiger partial charge is 0.481 e. The Kier molecular flexibility index (Phi) is 15.8. The van der Waals surface area contributed by atoms with E-state index in [0.717, 1.165) is 12.8 Å². The van der Waals surface area contributed by atoms with Crippen LogP contribution in [0.15, 0.2) is 0 Å². The van der Waals surface area contributed by atoms with Gasteiger partial charge in [0.25, 0.3) is 0 Å². The summed E-state index contributed by atoms with van der Waals surface area (Å²) in [6.45, 7) is 0.992. The van der Waals surface area contributed by atoms with Gasteiger partial charge in [-0.15, -0.1) is 0 Å². The van der Waals surface area contributed by atoms with Crippen LogP contribution < -0.4 is 0 Å². The van der Waals surface area contributed by atoms with E-state index in [1.807, 2.05) is 19.0 Å². The first kappa shape index (κ1) is 30.2. The highest BCUT2D eigenvalue weighted by molar-refractivity contribution is 5.76. The number of alkyl halides is 3. The first-order chi connectivity index (χ1) is 14.9. The Balaban J connectivity index is 5.03. The van der Waals surface area contributed by atoms with E-state index in [1.54, 1.807) is 4.90 Å². The molecule has 0 bridgehead atoms. The van der Waals surface area contributed by atoms with E-state index in [-0.39, 0.29) is 37.6 Å². The second-order valence-corrected chi connectivity index (χ2v) is 8.50. The van der Waals surface area contributed by atoms with Crippen LogP contribution in [0.4, 0.5) is 13.2 Å². The summed E-state index contributed by atoms with van der Waals surface area (Å²) in [4.78, 5) is 37.8. The van der Waals surface area contributed by atoms with Crippen LogP contribution in [0.3, 0.4) is 0 Å². The number of aliphatic carboxylic acids is 2. The number of carboxylic acids is 2. The topological polar surface area (TPSA) is 98.2 Å². The van der Waals surface area contributed by atoms with Crippen LogP contribution in [0.25, 0.3) is 0 Å². The third-order valence-electron chi connectivity index (χ3n) is 5.26. The van der Waals surface area contributed by atoms with Crippen LogP contribution in [0.1, 0.15) is 83.5 Å². The normalized spacial score (nSPS) is 11.8. The van der Waals surface area contributed by atoms with Crippen LogP contribution in [0, 0.1) is 0 Å². The number of amides is 1. The highest BCUT2D eigenvalue weighted by atomic mass is 19.4. The van der Waals surface area contributed by atoms with Crippen molar-refractivity contribution < 1.29 is 37.8 Å². The third-order valence-corrected chi connectivity index (χ3v) is 5.26. The average Bonchev–Trinajstić information content (AvgIpc) is 2.65. The lowest BCUT2D eigenvalue weighted by molar-refractivity contribution is -0.141. The molecular formula is C22H39F3N2O5. The third kappa shape index (κ3) is 17.8. The second kappa shape index (κ2) is 16.7. The Hall–Kier alpha value is -1.84. The molecule has 0 atom stereocenters. The summed E-state index contributed by atoms with van der Waals surface area (Å²) >= 11 is 0. The minimum Gasteiger partial charge on any atom is -0.481 e. The highest BCUT2D eigenvalue weighted by Crippen LogP contribution is 2.24.